The Labute approximate surface area is 201 Å². The third kappa shape index (κ3) is 4.36. The second-order valence-electron chi connectivity index (χ2n) is 9.70. The van der Waals surface area contributed by atoms with Gasteiger partial charge in [0.2, 0.25) is 10.0 Å². The average Bonchev–Trinajstić information content (AvgIpc) is 3.14. The summed E-state index contributed by atoms with van der Waals surface area (Å²) in [5.74, 6) is 0.203. The van der Waals surface area contributed by atoms with E-state index in [0.29, 0.717) is 19.5 Å². The first-order valence-electron chi connectivity index (χ1n) is 12.2. The monoisotopic (exact) mass is 491 g/mol. The fourth-order valence-corrected chi connectivity index (χ4v) is 7.46. The van der Waals surface area contributed by atoms with Crippen molar-refractivity contribution in [3.8, 4) is 0 Å². The summed E-state index contributed by atoms with van der Waals surface area (Å²) >= 11 is 6.16. The van der Waals surface area contributed by atoms with E-state index >= 15 is 0 Å². The van der Waals surface area contributed by atoms with Crippen LogP contribution in [0.1, 0.15) is 55.5 Å². The van der Waals surface area contributed by atoms with Gasteiger partial charge >= 0.3 is 0 Å². The van der Waals surface area contributed by atoms with Gasteiger partial charge in [-0.25, -0.2) is 8.42 Å². The van der Waals surface area contributed by atoms with Gasteiger partial charge in [-0.1, -0.05) is 37.1 Å². The SMILES string of the molecule is CCCS(=O)(=O)N(CCn1cc2c(n1)C(C1(c3ccc(Cl)cc3)CCC1)NCC2)C1CNC1. The van der Waals surface area contributed by atoms with E-state index < -0.39 is 10.0 Å². The first-order chi connectivity index (χ1) is 15.9. The van der Waals surface area contributed by atoms with Crippen molar-refractivity contribution in [3.63, 3.8) is 0 Å². The molecule has 9 heteroatoms. The Morgan fingerprint density at radius 3 is 2.61 bits per heavy atom. The number of aromatic nitrogens is 2. The Morgan fingerprint density at radius 2 is 2.00 bits per heavy atom. The van der Waals surface area contributed by atoms with Gasteiger partial charge in [0.15, 0.2) is 0 Å². The number of fused-ring (bicyclic) bond motifs is 1. The second-order valence-corrected chi connectivity index (χ2v) is 12.2. The summed E-state index contributed by atoms with van der Waals surface area (Å²) < 4.78 is 29.4. The number of nitrogens with one attached hydrogen (secondary N) is 2. The lowest BCUT2D eigenvalue weighted by molar-refractivity contribution is 0.161. The molecule has 2 fully saturated rings. The lowest BCUT2D eigenvalue weighted by atomic mass is 9.58. The fraction of sp³-hybridized carbons (Fsp3) is 0.625. The third-order valence-electron chi connectivity index (χ3n) is 7.64. The molecule has 1 aromatic carbocycles. The highest BCUT2D eigenvalue weighted by atomic mass is 35.5. The zero-order valence-electron chi connectivity index (χ0n) is 19.3. The van der Waals surface area contributed by atoms with Crippen molar-refractivity contribution in [1.82, 2.24) is 24.7 Å². The number of halogens is 1. The molecule has 180 valence electrons. The maximum Gasteiger partial charge on any atom is 0.214 e. The molecule has 3 heterocycles. The smallest absolute Gasteiger partial charge is 0.214 e. The van der Waals surface area contributed by atoms with Crippen molar-refractivity contribution in [1.29, 1.82) is 0 Å². The summed E-state index contributed by atoms with van der Waals surface area (Å²) in [6.45, 7) is 5.36. The third-order valence-corrected chi connectivity index (χ3v) is 10.0. The van der Waals surface area contributed by atoms with Crippen molar-refractivity contribution < 1.29 is 8.42 Å². The van der Waals surface area contributed by atoms with Crippen LogP contribution in [0, 0.1) is 0 Å². The number of nitrogens with zero attached hydrogens (tertiary/aromatic N) is 3. The predicted octanol–water partition coefficient (Wildman–Crippen LogP) is 2.86. The molecule has 1 aliphatic carbocycles. The van der Waals surface area contributed by atoms with E-state index in [1.807, 2.05) is 23.7 Å². The molecule has 7 nitrogen and oxygen atoms in total. The molecule has 1 aromatic heterocycles. The van der Waals surface area contributed by atoms with E-state index in [0.717, 1.165) is 49.6 Å². The molecule has 0 spiro atoms. The normalized spacial score (nSPS) is 22.6. The molecular weight excluding hydrogens is 458 g/mol. The van der Waals surface area contributed by atoms with Crippen molar-refractivity contribution >= 4 is 21.6 Å². The number of rotatable bonds is 9. The summed E-state index contributed by atoms with van der Waals surface area (Å²) in [6, 6.07) is 8.53. The van der Waals surface area contributed by atoms with Gasteiger partial charge in [0.1, 0.15) is 0 Å². The van der Waals surface area contributed by atoms with Crippen LogP contribution in [-0.2, 0) is 28.4 Å². The molecule has 3 aliphatic rings. The van der Waals surface area contributed by atoms with E-state index in [9.17, 15) is 8.42 Å². The van der Waals surface area contributed by atoms with E-state index in [2.05, 4.69) is 29.0 Å². The highest BCUT2D eigenvalue weighted by Gasteiger charge is 2.48. The molecule has 1 atom stereocenters. The zero-order valence-corrected chi connectivity index (χ0v) is 20.8. The molecule has 5 rings (SSSR count). The molecule has 1 saturated heterocycles. The van der Waals surface area contributed by atoms with Gasteiger partial charge in [-0.2, -0.15) is 9.40 Å². The van der Waals surface area contributed by atoms with Crippen LogP contribution in [0.3, 0.4) is 0 Å². The quantitative estimate of drug-likeness (QED) is 0.564. The second kappa shape index (κ2) is 9.30. The molecule has 0 amide bonds. The topological polar surface area (TPSA) is 79.3 Å². The molecule has 0 radical (unpaired) electrons. The van der Waals surface area contributed by atoms with Crippen LogP contribution >= 0.6 is 11.6 Å². The van der Waals surface area contributed by atoms with E-state index in [1.165, 1.54) is 17.5 Å². The van der Waals surface area contributed by atoms with Crippen LogP contribution in [0.2, 0.25) is 5.02 Å². The number of hydrogen-bond acceptors (Lipinski definition) is 5. The Kier molecular flexibility index (Phi) is 6.57. The number of benzene rings is 1. The first-order valence-corrected chi connectivity index (χ1v) is 14.2. The average molecular weight is 492 g/mol. The Morgan fingerprint density at radius 1 is 1.24 bits per heavy atom. The van der Waals surface area contributed by atoms with Crippen LogP contribution < -0.4 is 10.6 Å². The van der Waals surface area contributed by atoms with E-state index in [1.54, 1.807) is 4.31 Å². The van der Waals surface area contributed by atoms with Gasteiger partial charge in [0.25, 0.3) is 0 Å². The van der Waals surface area contributed by atoms with Crippen molar-refractivity contribution in [2.45, 2.75) is 63.1 Å². The molecule has 2 aliphatic heterocycles. The van der Waals surface area contributed by atoms with Gasteiger partial charge < -0.3 is 10.6 Å². The lowest BCUT2D eigenvalue weighted by Crippen LogP contribution is -2.59. The Balaban J connectivity index is 1.37. The molecular formula is C24H34ClN5O2S. The largest absolute Gasteiger partial charge is 0.313 e. The van der Waals surface area contributed by atoms with Crippen LogP contribution in [0.25, 0.3) is 0 Å². The van der Waals surface area contributed by atoms with Gasteiger partial charge in [-0.05, 0) is 55.5 Å². The van der Waals surface area contributed by atoms with Crippen LogP contribution in [0.5, 0.6) is 0 Å². The highest BCUT2D eigenvalue weighted by Crippen LogP contribution is 2.53. The number of sulfonamides is 1. The summed E-state index contributed by atoms with van der Waals surface area (Å²) in [4.78, 5) is 0. The lowest BCUT2D eigenvalue weighted by Gasteiger charge is -2.49. The summed E-state index contributed by atoms with van der Waals surface area (Å²) in [6.07, 6.45) is 7.21. The minimum absolute atomic E-state index is 0.0487. The summed E-state index contributed by atoms with van der Waals surface area (Å²) in [7, 11) is -3.24. The first kappa shape index (κ1) is 23.3. The van der Waals surface area contributed by atoms with Crippen LogP contribution in [-0.4, -0.2) is 60.5 Å². The fourth-order valence-electron chi connectivity index (χ4n) is 5.62. The van der Waals surface area contributed by atoms with Crippen LogP contribution in [0.15, 0.2) is 30.5 Å². The minimum Gasteiger partial charge on any atom is -0.313 e. The molecule has 1 saturated carbocycles. The van der Waals surface area contributed by atoms with E-state index in [4.69, 9.17) is 16.7 Å². The molecule has 2 N–H and O–H groups in total. The van der Waals surface area contributed by atoms with Gasteiger partial charge in [0.05, 0.1) is 24.0 Å². The Bertz CT molecular complexity index is 1080. The molecule has 0 bridgehead atoms. The molecule has 2 aromatic rings. The van der Waals surface area contributed by atoms with Crippen molar-refractivity contribution in [2.75, 3.05) is 31.9 Å². The molecule has 33 heavy (non-hydrogen) atoms. The van der Waals surface area contributed by atoms with E-state index in [-0.39, 0.29) is 23.3 Å². The van der Waals surface area contributed by atoms with Crippen molar-refractivity contribution in [2.24, 2.45) is 0 Å². The number of hydrogen-bond donors (Lipinski definition) is 2. The maximum absolute atomic E-state index is 12.8. The van der Waals surface area contributed by atoms with Crippen LogP contribution in [0.4, 0.5) is 0 Å². The Hall–Kier alpha value is -1.45. The minimum atomic E-state index is -3.24. The van der Waals surface area contributed by atoms with Gasteiger partial charge in [-0.15, -0.1) is 0 Å². The highest BCUT2D eigenvalue weighted by molar-refractivity contribution is 7.89. The van der Waals surface area contributed by atoms with Gasteiger partial charge in [0, 0.05) is 42.3 Å². The van der Waals surface area contributed by atoms with Gasteiger partial charge in [-0.3, -0.25) is 4.68 Å². The van der Waals surface area contributed by atoms with Crippen molar-refractivity contribution in [3.05, 3.63) is 52.3 Å². The summed E-state index contributed by atoms with van der Waals surface area (Å²) in [5.41, 5.74) is 3.79. The summed E-state index contributed by atoms with van der Waals surface area (Å²) in [5, 5.41) is 12.7. The zero-order chi connectivity index (χ0) is 23.1. The standard InChI is InChI=1S/C24H34ClN5O2S/c1-2-14-33(31,32)30(21-15-26-16-21)13-12-29-17-18-8-11-27-23(22(18)28-29)24(9-3-10-24)19-4-6-20(25)7-5-19/h4-7,17,21,23,26-27H,2-3,8-16H2,1H3. The predicted molar refractivity (Wildman–Crippen MR) is 131 cm³/mol. The maximum atomic E-state index is 12.8. The molecule has 1 unspecified atom stereocenters.